The summed E-state index contributed by atoms with van der Waals surface area (Å²) in [6.07, 6.45) is 28.4. The zero-order chi connectivity index (χ0) is 16.3. The van der Waals surface area contributed by atoms with Crippen LogP contribution in [0.2, 0.25) is 0 Å². The van der Waals surface area contributed by atoms with E-state index >= 15 is 0 Å². The smallest absolute Gasteiger partial charge is 0.303 e. The standard InChI is InChI=1S/C20H30O2/c1-2-3-4-5-6-7-8-9-10-11-12-13-14-15-16-17-18-19-20(21)22/h3-4,6-7,9-10,12-13,15-16H,2,5,8,11,14,17-19H2,1H3,(H,21,22)/b4-3+,7-6-,10-9+,13-12-,16-15-. The Bertz CT molecular complexity index is 398. The number of rotatable bonds is 13. The van der Waals surface area contributed by atoms with E-state index in [9.17, 15) is 4.79 Å². The van der Waals surface area contributed by atoms with Gasteiger partial charge in [-0.1, -0.05) is 67.7 Å². The highest BCUT2D eigenvalue weighted by atomic mass is 16.4. The van der Waals surface area contributed by atoms with Crippen LogP contribution >= 0.6 is 0 Å². The number of unbranched alkanes of at least 4 members (excludes halogenated alkanes) is 1. The molecule has 122 valence electrons. The van der Waals surface area contributed by atoms with Gasteiger partial charge in [0.2, 0.25) is 0 Å². The molecule has 0 amide bonds. The normalized spacial score (nSPS) is 12.8. The number of hydrogen-bond donors (Lipinski definition) is 1. The second-order valence-electron chi connectivity index (χ2n) is 4.99. The fourth-order valence-electron chi connectivity index (χ4n) is 1.74. The molecule has 0 aliphatic heterocycles. The van der Waals surface area contributed by atoms with E-state index in [-0.39, 0.29) is 6.42 Å². The number of carboxylic acid groups (broad SMARTS) is 1. The Morgan fingerprint density at radius 1 is 0.727 bits per heavy atom. The molecule has 0 aliphatic carbocycles. The average Bonchev–Trinajstić information content (AvgIpc) is 2.50. The third kappa shape index (κ3) is 18.2. The van der Waals surface area contributed by atoms with Crippen LogP contribution in [0.5, 0.6) is 0 Å². The molecule has 0 heterocycles. The molecule has 0 rings (SSSR count). The van der Waals surface area contributed by atoms with Gasteiger partial charge in [0.1, 0.15) is 0 Å². The zero-order valence-electron chi connectivity index (χ0n) is 13.8. The predicted molar refractivity (Wildman–Crippen MR) is 95.9 cm³/mol. The Morgan fingerprint density at radius 2 is 1.14 bits per heavy atom. The highest BCUT2D eigenvalue weighted by molar-refractivity contribution is 5.66. The molecule has 0 saturated heterocycles. The largest absolute Gasteiger partial charge is 0.481 e. The second kappa shape index (κ2) is 17.2. The lowest BCUT2D eigenvalue weighted by Gasteiger charge is -1.89. The van der Waals surface area contributed by atoms with Crippen molar-refractivity contribution in [3.8, 4) is 0 Å². The molecular formula is C20H30O2. The Hall–Kier alpha value is -1.83. The van der Waals surface area contributed by atoms with Gasteiger partial charge in [-0.25, -0.2) is 0 Å². The van der Waals surface area contributed by atoms with Crippen LogP contribution in [-0.4, -0.2) is 11.1 Å². The molecule has 2 nitrogen and oxygen atoms in total. The van der Waals surface area contributed by atoms with E-state index in [1.54, 1.807) is 0 Å². The Labute approximate surface area is 135 Å². The maximum absolute atomic E-state index is 10.3. The summed E-state index contributed by atoms with van der Waals surface area (Å²) in [5, 5.41) is 8.49. The van der Waals surface area contributed by atoms with Gasteiger partial charge in [-0.3, -0.25) is 4.79 Å². The fraction of sp³-hybridized carbons (Fsp3) is 0.450. The summed E-state index contributed by atoms with van der Waals surface area (Å²) in [5.74, 6) is -0.715. The van der Waals surface area contributed by atoms with Crippen LogP contribution < -0.4 is 0 Å². The topological polar surface area (TPSA) is 37.3 Å². The summed E-state index contributed by atoms with van der Waals surface area (Å²) in [7, 11) is 0. The van der Waals surface area contributed by atoms with Crippen molar-refractivity contribution in [2.24, 2.45) is 0 Å². The molecule has 0 radical (unpaired) electrons. The molecule has 0 aromatic carbocycles. The minimum Gasteiger partial charge on any atom is -0.481 e. The molecule has 0 atom stereocenters. The van der Waals surface area contributed by atoms with Crippen molar-refractivity contribution in [3.63, 3.8) is 0 Å². The number of carboxylic acids is 1. The minimum atomic E-state index is -0.715. The van der Waals surface area contributed by atoms with Crippen LogP contribution in [-0.2, 0) is 4.79 Å². The van der Waals surface area contributed by atoms with E-state index < -0.39 is 5.97 Å². The summed E-state index contributed by atoms with van der Waals surface area (Å²) in [6, 6.07) is 0. The van der Waals surface area contributed by atoms with Crippen molar-refractivity contribution < 1.29 is 9.90 Å². The first-order chi connectivity index (χ1) is 10.8. The van der Waals surface area contributed by atoms with E-state index in [4.69, 9.17) is 5.11 Å². The van der Waals surface area contributed by atoms with E-state index in [1.807, 2.05) is 0 Å². The molecule has 0 aromatic heterocycles. The van der Waals surface area contributed by atoms with Crippen molar-refractivity contribution in [3.05, 3.63) is 60.8 Å². The molecule has 0 fully saturated rings. The number of hydrogen-bond acceptors (Lipinski definition) is 1. The van der Waals surface area contributed by atoms with Gasteiger partial charge in [0.05, 0.1) is 0 Å². The monoisotopic (exact) mass is 302 g/mol. The highest BCUT2D eigenvalue weighted by Gasteiger charge is 1.92. The average molecular weight is 302 g/mol. The van der Waals surface area contributed by atoms with Gasteiger partial charge in [0.25, 0.3) is 0 Å². The first-order valence-corrected chi connectivity index (χ1v) is 8.24. The van der Waals surface area contributed by atoms with E-state index in [2.05, 4.69) is 67.7 Å². The maximum Gasteiger partial charge on any atom is 0.303 e. The number of allylic oxidation sites excluding steroid dienone is 10. The van der Waals surface area contributed by atoms with Crippen molar-refractivity contribution >= 4 is 5.97 Å². The van der Waals surface area contributed by atoms with Crippen molar-refractivity contribution in [1.82, 2.24) is 0 Å². The van der Waals surface area contributed by atoms with E-state index in [1.165, 1.54) is 0 Å². The van der Waals surface area contributed by atoms with E-state index in [0.29, 0.717) is 0 Å². The van der Waals surface area contributed by atoms with Crippen molar-refractivity contribution in [1.29, 1.82) is 0 Å². The molecule has 1 N–H and O–H groups in total. The van der Waals surface area contributed by atoms with Crippen molar-refractivity contribution in [2.75, 3.05) is 0 Å². The lowest BCUT2D eigenvalue weighted by atomic mass is 10.2. The van der Waals surface area contributed by atoms with Gasteiger partial charge in [0, 0.05) is 6.42 Å². The van der Waals surface area contributed by atoms with Gasteiger partial charge in [-0.05, 0) is 44.9 Å². The van der Waals surface area contributed by atoms with E-state index in [0.717, 1.165) is 44.9 Å². The van der Waals surface area contributed by atoms with Crippen LogP contribution in [0.3, 0.4) is 0 Å². The molecule has 0 aromatic rings. The summed E-state index contributed by atoms with van der Waals surface area (Å²) in [6.45, 7) is 2.14. The summed E-state index contributed by atoms with van der Waals surface area (Å²) >= 11 is 0. The Balaban J connectivity index is 3.46. The first kappa shape index (κ1) is 20.2. The van der Waals surface area contributed by atoms with Crippen LogP contribution in [0.1, 0.15) is 58.3 Å². The Morgan fingerprint density at radius 3 is 1.55 bits per heavy atom. The lowest BCUT2D eigenvalue weighted by Crippen LogP contribution is -1.92. The molecule has 22 heavy (non-hydrogen) atoms. The first-order valence-electron chi connectivity index (χ1n) is 8.24. The second-order valence-corrected chi connectivity index (χ2v) is 4.99. The highest BCUT2D eigenvalue weighted by Crippen LogP contribution is 1.99. The number of aliphatic carboxylic acids is 1. The molecule has 0 unspecified atom stereocenters. The zero-order valence-corrected chi connectivity index (χ0v) is 13.8. The van der Waals surface area contributed by atoms with Gasteiger partial charge in [-0.2, -0.15) is 0 Å². The number of carbonyl (C=O) groups is 1. The summed E-state index contributed by atoms with van der Waals surface area (Å²) in [5.41, 5.74) is 0. The maximum atomic E-state index is 10.3. The van der Waals surface area contributed by atoms with Crippen LogP contribution in [0.25, 0.3) is 0 Å². The molecule has 0 bridgehead atoms. The molecular weight excluding hydrogens is 272 g/mol. The van der Waals surface area contributed by atoms with Gasteiger partial charge >= 0.3 is 5.97 Å². The van der Waals surface area contributed by atoms with Gasteiger partial charge < -0.3 is 5.11 Å². The fourth-order valence-corrected chi connectivity index (χ4v) is 1.74. The van der Waals surface area contributed by atoms with Gasteiger partial charge in [-0.15, -0.1) is 0 Å². The third-order valence-corrected chi connectivity index (χ3v) is 2.92. The van der Waals surface area contributed by atoms with Gasteiger partial charge in [0.15, 0.2) is 0 Å². The lowest BCUT2D eigenvalue weighted by molar-refractivity contribution is -0.137. The summed E-state index contributed by atoms with van der Waals surface area (Å²) < 4.78 is 0. The van der Waals surface area contributed by atoms with Crippen LogP contribution in [0.15, 0.2) is 60.8 Å². The molecule has 0 spiro atoms. The van der Waals surface area contributed by atoms with Crippen molar-refractivity contribution in [2.45, 2.75) is 58.3 Å². The molecule has 0 aliphatic rings. The van der Waals surface area contributed by atoms with Crippen LogP contribution in [0, 0.1) is 0 Å². The predicted octanol–water partition coefficient (Wildman–Crippen LogP) is 5.99. The molecule has 2 heteroatoms. The quantitative estimate of drug-likeness (QED) is 0.335. The Kier molecular flexibility index (Phi) is 15.8. The third-order valence-electron chi connectivity index (χ3n) is 2.92. The van der Waals surface area contributed by atoms with Crippen LogP contribution in [0.4, 0.5) is 0 Å². The summed E-state index contributed by atoms with van der Waals surface area (Å²) in [4.78, 5) is 10.3. The molecule has 0 saturated carbocycles. The SMILES string of the molecule is CC/C=C/C/C=C\C/C=C/C/C=C\C/C=C\CCCC(=O)O. The minimum absolute atomic E-state index is 0.258.